The summed E-state index contributed by atoms with van der Waals surface area (Å²) in [6.07, 6.45) is 0.150. The van der Waals surface area contributed by atoms with Crippen LogP contribution in [0.5, 0.6) is 5.75 Å². The minimum atomic E-state index is -0.144. The highest BCUT2D eigenvalue weighted by molar-refractivity contribution is 7.80. The average Bonchev–Trinajstić information content (AvgIpc) is 2.48. The van der Waals surface area contributed by atoms with Crippen molar-refractivity contribution >= 4 is 23.1 Å². The van der Waals surface area contributed by atoms with Gasteiger partial charge in [0.25, 0.3) is 0 Å². The third-order valence-electron chi connectivity index (χ3n) is 3.07. The molecule has 0 unspecified atom stereocenters. The number of carbonyl (C=O) groups is 1. The van der Waals surface area contributed by atoms with Gasteiger partial charge in [0, 0.05) is 17.7 Å². The van der Waals surface area contributed by atoms with Gasteiger partial charge in [0.15, 0.2) is 0 Å². The van der Waals surface area contributed by atoms with Gasteiger partial charge in [-0.25, -0.2) is 0 Å². The summed E-state index contributed by atoms with van der Waals surface area (Å²) in [7, 11) is 0. The van der Waals surface area contributed by atoms with Crippen molar-refractivity contribution in [1.82, 2.24) is 5.32 Å². The first-order chi connectivity index (χ1) is 10.1. The highest BCUT2D eigenvalue weighted by Gasteiger charge is 2.06. The van der Waals surface area contributed by atoms with Gasteiger partial charge in [-0.3, -0.25) is 4.79 Å². The Morgan fingerprint density at radius 2 is 1.81 bits per heavy atom. The zero-order chi connectivity index (χ0) is 15.2. The predicted molar refractivity (Wildman–Crippen MR) is 86.0 cm³/mol. The third kappa shape index (κ3) is 4.29. The fourth-order valence-electron chi connectivity index (χ4n) is 1.88. The van der Waals surface area contributed by atoms with Crippen molar-refractivity contribution < 1.29 is 9.90 Å². The minimum absolute atomic E-state index is 0.133. The second-order valence-electron chi connectivity index (χ2n) is 4.64. The summed E-state index contributed by atoms with van der Waals surface area (Å²) in [5.74, 6) is -0.0108. The highest BCUT2D eigenvalue weighted by atomic mass is 32.1. The molecular formula is C16H16N2O2S. The summed E-state index contributed by atoms with van der Waals surface area (Å²) in [6, 6.07) is 14.2. The summed E-state index contributed by atoms with van der Waals surface area (Å²) >= 11 is 4.88. The Morgan fingerprint density at radius 3 is 2.43 bits per heavy atom. The van der Waals surface area contributed by atoms with E-state index in [-0.39, 0.29) is 18.1 Å². The van der Waals surface area contributed by atoms with Gasteiger partial charge in [-0.05, 0) is 11.6 Å². The van der Waals surface area contributed by atoms with Crippen molar-refractivity contribution in [1.29, 1.82) is 0 Å². The number of phenols is 1. The summed E-state index contributed by atoms with van der Waals surface area (Å²) in [5.41, 5.74) is 7.89. The zero-order valence-electron chi connectivity index (χ0n) is 11.4. The van der Waals surface area contributed by atoms with E-state index in [9.17, 15) is 9.90 Å². The van der Waals surface area contributed by atoms with Gasteiger partial charge < -0.3 is 16.2 Å². The average molecular weight is 300 g/mol. The second-order valence-corrected chi connectivity index (χ2v) is 5.08. The number of benzene rings is 2. The smallest absolute Gasteiger partial charge is 0.224 e. The molecule has 0 atom stereocenters. The molecule has 0 saturated carbocycles. The van der Waals surface area contributed by atoms with E-state index in [0.29, 0.717) is 17.1 Å². The van der Waals surface area contributed by atoms with Crippen LogP contribution in [-0.2, 0) is 17.8 Å². The van der Waals surface area contributed by atoms with Crippen LogP contribution in [0, 0.1) is 0 Å². The molecule has 5 heteroatoms. The largest absolute Gasteiger partial charge is 0.508 e. The number of thiocarbonyl (C=S) groups is 1. The molecule has 2 aromatic carbocycles. The number of aromatic hydroxyl groups is 1. The topological polar surface area (TPSA) is 75.3 Å². The Kier molecular flexibility index (Phi) is 4.90. The number of phenolic OH excluding ortho intramolecular Hbond substituents is 1. The molecule has 0 bridgehead atoms. The first-order valence-corrected chi connectivity index (χ1v) is 6.89. The maximum Gasteiger partial charge on any atom is 0.224 e. The Labute approximate surface area is 128 Å². The summed E-state index contributed by atoms with van der Waals surface area (Å²) in [4.78, 5) is 12.2. The SMILES string of the molecule is NC(=S)c1ccc(CNC(=O)Cc2ccccc2O)cc1. The Morgan fingerprint density at radius 1 is 1.14 bits per heavy atom. The molecule has 2 aromatic rings. The quantitative estimate of drug-likeness (QED) is 0.737. The van der Waals surface area contributed by atoms with Crippen LogP contribution in [0.3, 0.4) is 0 Å². The van der Waals surface area contributed by atoms with E-state index in [1.165, 1.54) is 0 Å². The lowest BCUT2D eigenvalue weighted by Crippen LogP contribution is -2.24. The van der Waals surface area contributed by atoms with Gasteiger partial charge in [-0.2, -0.15) is 0 Å². The van der Waals surface area contributed by atoms with Crippen LogP contribution >= 0.6 is 12.2 Å². The van der Waals surface area contributed by atoms with Crippen molar-refractivity contribution in [3.63, 3.8) is 0 Å². The van der Waals surface area contributed by atoms with Crippen molar-refractivity contribution in [2.75, 3.05) is 0 Å². The molecule has 0 saturated heterocycles. The monoisotopic (exact) mass is 300 g/mol. The van der Waals surface area contributed by atoms with Gasteiger partial charge in [0.05, 0.1) is 6.42 Å². The van der Waals surface area contributed by atoms with E-state index in [2.05, 4.69) is 5.32 Å². The molecule has 1 amide bonds. The zero-order valence-corrected chi connectivity index (χ0v) is 12.2. The molecule has 0 fully saturated rings. The van der Waals surface area contributed by atoms with Crippen LogP contribution in [0.1, 0.15) is 16.7 Å². The molecule has 0 aromatic heterocycles. The molecule has 21 heavy (non-hydrogen) atoms. The molecule has 4 N–H and O–H groups in total. The van der Waals surface area contributed by atoms with Crippen LogP contribution in [0.4, 0.5) is 0 Å². The first-order valence-electron chi connectivity index (χ1n) is 6.48. The van der Waals surface area contributed by atoms with Gasteiger partial charge in [0.2, 0.25) is 5.91 Å². The van der Waals surface area contributed by atoms with Crippen molar-refractivity contribution in [3.8, 4) is 5.75 Å². The molecule has 0 aliphatic carbocycles. The molecule has 108 valence electrons. The molecule has 0 spiro atoms. The van der Waals surface area contributed by atoms with E-state index in [1.54, 1.807) is 24.3 Å². The lowest BCUT2D eigenvalue weighted by molar-refractivity contribution is -0.120. The standard InChI is InChI=1S/C16H16N2O2S/c17-16(21)12-7-5-11(6-8-12)10-18-15(20)9-13-3-1-2-4-14(13)19/h1-8,19H,9-10H2,(H2,17,21)(H,18,20). The number of nitrogens with one attached hydrogen (secondary N) is 1. The Balaban J connectivity index is 1.89. The Hall–Kier alpha value is -2.40. The summed E-state index contributed by atoms with van der Waals surface area (Å²) < 4.78 is 0. The maximum atomic E-state index is 11.9. The fraction of sp³-hybridized carbons (Fsp3) is 0.125. The molecule has 2 rings (SSSR count). The van der Waals surface area contributed by atoms with Crippen molar-refractivity contribution in [2.45, 2.75) is 13.0 Å². The molecule has 0 aliphatic rings. The summed E-state index contributed by atoms with van der Waals surface area (Å²) in [6.45, 7) is 0.421. The molecular weight excluding hydrogens is 284 g/mol. The van der Waals surface area contributed by atoms with Crippen molar-refractivity contribution in [2.24, 2.45) is 5.73 Å². The number of para-hydroxylation sites is 1. The number of carbonyl (C=O) groups excluding carboxylic acids is 1. The van der Waals surface area contributed by atoms with Crippen molar-refractivity contribution in [3.05, 3.63) is 65.2 Å². The fourth-order valence-corrected chi connectivity index (χ4v) is 2.02. The van der Waals surface area contributed by atoms with E-state index in [4.69, 9.17) is 18.0 Å². The molecule has 0 heterocycles. The predicted octanol–water partition coefficient (Wildman–Crippen LogP) is 1.89. The summed E-state index contributed by atoms with van der Waals surface area (Å²) in [5, 5.41) is 12.4. The van der Waals surface area contributed by atoms with E-state index >= 15 is 0 Å². The Bertz CT molecular complexity index is 654. The van der Waals surface area contributed by atoms with Crippen LogP contribution < -0.4 is 11.1 Å². The lowest BCUT2D eigenvalue weighted by Gasteiger charge is -2.07. The van der Waals surface area contributed by atoms with Gasteiger partial charge >= 0.3 is 0 Å². The molecule has 4 nitrogen and oxygen atoms in total. The van der Waals surface area contributed by atoms with Gasteiger partial charge in [-0.1, -0.05) is 54.7 Å². The van der Waals surface area contributed by atoms with Gasteiger partial charge in [-0.15, -0.1) is 0 Å². The van der Waals surface area contributed by atoms with E-state index < -0.39 is 0 Å². The lowest BCUT2D eigenvalue weighted by atomic mass is 10.1. The van der Waals surface area contributed by atoms with E-state index in [0.717, 1.165) is 11.1 Å². The minimum Gasteiger partial charge on any atom is -0.508 e. The maximum absolute atomic E-state index is 11.9. The normalized spacial score (nSPS) is 10.1. The number of rotatable bonds is 5. The number of nitrogens with two attached hydrogens (primary N) is 1. The van der Waals surface area contributed by atoms with Gasteiger partial charge in [0.1, 0.15) is 10.7 Å². The second kappa shape index (κ2) is 6.85. The highest BCUT2D eigenvalue weighted by Crippen LogP contribution is 2.15. The molecule has 0 aliphatic heterocycles. The first kappa shape index (κ1) is 15.0. The third-order valence-corrected chi connectivity index (χ3v) is 3.31. The van der Waals surface area contributed by atoms with Crippen LogP contribution in [0.15, 0.2) is 48.5 Å². The van der Waals surface area contributed by atoms with Crippen LogP contribution in [0.2, 0.25) is 0 Å². The number of hydrogen-bond donors (Lipinski definition) is 3. The van der Waals surface area contributed by atoms with Crippen LogP contribution in [0.25, 0.3) is 0 Å². The molecule has 0 radical (unpaired) electrons. The number of hydrogen-bond acceptors (Lipinski definition) is 3. The van der Waals surface area contributed by atoms with E-state index in [1.807, 2.05) is 24.3 Å². The van der Waals surface area contributed by atoms with Crippen LogP contribution in [-0.4, -0.2) is 16.0 Å². The number of amides is 1.